The van der Waals surface area contributed by atoms with E-state index in [0.717, 1.165) is 15.8 Å². The maximum Gasteiger partial charge on any atom is 0.279 e. The van der Waals surface area contributed by atoms with Gasteiger partial charge in [-0.2, -0.15) is 9.30 Å². The molecule has 6 nitrogen and oxygen atoms in total. The van der Waals surface area contributed by atoms with Gasteiger partial charge in [0.05, 0.1) is 15.1 Å². The predicted molar refractivity (Wildman–Crippen MR) is 122 cm³/mol. The Morgan fingerprint density at radius 2 is 1.77 bits per heavy atom. The number of aromatic nitrogens is 1. The summed E-state index contributed by atoms with van der Waals surface area (Å²) in [6, 6.07) is 9.70. The molecule has 2 aromatic carbocycles. The summed E-state index contributed by atoms with van der Waals surface area (Å²) >= 11 is 7.58. The number of thiazole rings is 1. The van der Waals surface area contributed by atoms with Crippen LogP contribution in [-0.2, 0) is 16.6 Å². The monoisotopic (exact) mass is 465 g/mol. The van der Waals surface area contributed by atoms with Crippen LogP contribution >= 0.6 is 22.9 Å². The summed E-state index contributed by atoms with van der Waals surface area (Å²) < 4.78 is 29.6. The van der Waals surface area contributed by atoms with E-state index in [2.05, 4.69) is 4.99 Å². The first-order chi connectivity index (χ1) is 14.2. The first-order valence-corrected chi connectivity index (χ1v) is 12.3. The van der Waals surface area contributed by atoms with E-state index in [1.807, 2.05) is 30.5 Å². The van der Waals surface area contributed by atoms with Crippen molar-refractivity contribution >= 4 is 49.1 Å². The molecule has 0 saturated heterocycles. The van der Waals surface area contributed by atoms with E-state index in [4.69, 9.17) is 11.6 Å². The van der Waals surface area contributed by atoms with Gasteiger partial charge >= 0.3 is 0 Å². The topological polar surface area (TPSA) is 71.7 Å². The van der Waals surface area contributed by atoms with Crippen LogP contribution in [0.25, 0.3) is 10.2 Å². The second-order valence-corrected chi connectivity index (χ2v) is 10.1. The molecule has 0 aliphatic heterocycles. The van der Waals surface area contributed by atoms with Crippen molar-refractivity contribution in [2.45, 2.75) is 39.1 Å². The molecule has 3 aromatic rings. The lowest BCUT2D eigenvalue weighted by Gasteiger charge is -2.18. The molecule has 0 fully saturated rings. The minimum Gasteiger partial charge on any atom is -0.316 e. The zero-order chi connectivity index (χ0) is 22.1. The number of halogens is 1. The molecule has 1 heterocycles. The van der Waals surface area contributed by atoms with Crippen molar-refractivity contribution < 1.29 is 13.2 Å². The quantitative estimate of drug-likeness (QED) is 0.539. The van der Waals surface area contributed by atoms with E-state index < -0.39 is 15.9 Å². The molecule has 0 aliphatic carbocycles. The Balaban J connectivity index is 2.00. The highest BCUT2D eigenvalue weighted by atomic mass is 35.5. The lowest BCUT2D eigenvalue weighted by atomic mass is 10.2. The maximum atomic E-state index is 12.8. The normalized spacial score (nSPS) is 12.8. The Morgan fingerprint density at radius 3 is 2.33 bits per heavy atom. The molecule has 3 rings (SSSR count). The van der Waals surface area contributed by atoms with E-state index in [0.29, 0.717) is 35.0 Å². The largest absolute Gasteiger partial charge is 0.316 e. The number of carbonyl (C=O) groups is 1. The molecule has 0 saturated carbocycles. The van der Waals surface area contributed by atoms with Crippen LogP contribution in [-0.4, -0.2) is 36.3 Å². The van der Waals surface area contributed by atoms with E-state index in [1.165, 1.54) is 39.9 Å². The number of aryl methyl sites for hydroxylation is 2. The number of fused-ring (bicyclic) bond motifs is 1. The van der Waals surface area contributed by atoms with Gasteiger partial charge in [-0.05, 0) is 55.8 Å². The van der Waals surface area contributed by atoms with Gasteiger partial charge in [0.15, 0.2) is 4.80 Å². The van der Waals surface area contributed by atoms with Crippen LogP contribution in [0.5, 0.6) is 0 Å². The van der Waals surface area contributed by atoms with Crippen LogP contribution in [0, 0.1) is 6.92 Å². The highest BCUT2D eigenvalue weighted by Crippen LogP contribution is 2.26. The number of sulfonamides is 1. The van der Waals surface area contributed by atoms with Crippen LogP contribution in [0.2, 0.25) is 5.02 Å². The van der Waals surface area contributed by atoms with Gasteiger partial charge in [-0.25, -0.2) is 8.42 Å². The standard InChI is InChI=1S/C21H24ClN3O3S2/c1-5-24(6-2)30(27,28)17-10-8-15(9-11-17)20(26)23-21-25(7-3)19-14(4)12-16(22)13-18(19)29-21/h8-13H,5-7H2,1-4H3. The van der Waals surface area contributed by atoms with Crippen molar-refractivity contribution in [2.24, 2.45) is 4.99 Å². The van der Waals surface area contributed by atoms with Crippen LogP contribution in [0.4, 0.5) is 0 Å². The van der Waals surface area contributed by atoms with Crippen molar-refractivity contribution in [2.75, 3.05) is 13.1 Å². The van der Waals surface area contributed by atoms with Crippen LogP contribution < -0.4 is 4.80 Å². The number of rotatable bonds is 6. The smallest absolute Gasteiger partial charge is 0.279 e. The van der Waals surface area contributed by atoms with Crippen molar-refractivity contribution in [1.29, 1.82) is 0 Å². The lowest BCUT2D eigenvalue weighted by Crippen LogP contribution is -2.30. The molecule has 160 valence electrons. The molecule has 0 atom stereocenters. The van der Waals surface area contributed by atoms with Crippen molar-refractivity contribution in [3.8, 4) is 0 Å². The number of amides is 1. The Kier molecular flexibility index (Phi) is 6.81. The number of hydrogen-bond donors (Lipinski definition) is 0. The van der Waals surface area contributed by atoms with Gasteiger partial charge in [-0.3, -0.25) is 4.79 Å². The van der Waals surface area contributed by atoms with Crippen molar-refractivity contribution in [3.05, 3.63) is 57.3 Å². The molecule has 0 radical (unpaired) electrons. The number of carbonyl (C=O) groups excluding carboxylic acids is 1. The van der Waals surface area contributed by atoms with Gasteiger partial charge in [0.2, 0.25) is 10.0 Å². The van der Waals surface area contributed by atoms with Crippen molar-refractivity contribution in [1.82, 2.24) is 8.87 Å². The SMILES string of the molecule is CCN(CC)S(=O)(=O)c1ccc(C(=O)N=c2sc3cc(Cl)cc(C)c3n2CC)cc1. The summed E-state index contributed by atoms with van der Waals surface area (Å²) in [6.07, 6.45) is 0. The number of hydrogen-bond acceptors (Lipinski definition) is 4. The fourth-order valence-electron chi connectivity index (χ4n) is 3.39. The number of nitrogens with zero attached hydrogens (tertiary/aromatic N) is 3. The lowest BCUT2D eigenvalue weighted by molar-refractivity contribution is 0.0997. The Labute approximate surface area is 185 Å². The van der Waals surface area contributed by atoms with E-state index in [-0.39, 0.29) is 4.90 Å². The molecular weight excluding hydrogens is 442 g/mol. The molecule has 1 amide bonds. The zero-order valence-corrected chi connectivity index (χ0v) is 19.7. The third-order valence-corrected chi connectivity index (χ3v) is 8.20. The summed E-state index contributed by atoms with van der Waals surface area (Å²) in [5.74, 6) is -0.417. The van der Waals surface area contributed by atoms with Gasteiger partial charge in [0, 0.05) is 30.2 Å². The fraction of sp³-hybridized carbons (Fsp3) is 0.333. The molecule has 0 unspecified atom stereocenters. The van der Waals surface area contributed by atoms with Gasteiger partial charge in [-0.1, -0.05) is 36.8 Å². The second-order valence-electron chi connectivity index (χ2n) is 6.73. The van der Waals surface area contributed by atoms with E-state index in [9.17, 15) is 13.2 Å². The predicted octanol–water partition coefficient (Wildman–Crippen LogP) is 4.46. The Morgan fingerprint density at radius 1 is 1.13 bits per heavy atom. The summed E-state index contributed by atoms with van der Waals surface area (Å²) in [4.78, 5) is 17.8. The van der Waals surface area contributed by atoms with Crippen molar-refractivity contribution in [3.63, 3.8) is 0 Å². The van der Waals surface area contributed by atoms with Crippen LogP contribution in [0.15, 0.2) is 46.3 Å². The summed E-state index contributed by atoms with van der Waals surface area (Å²) in [6.45, 7) is 9.00. The van der Waals surface area contributed by atoms with Crippen LogP contribution in [0.3, 0.4) is 0 Å². The zero-order valence-electron chi connectivity index (χ0n) is 17.3. The third kappa shape index (κ3) is 4.23. The minimum atomic E-state index is -3.56. The summed E-state index contributed by atoms with van der Waals surface area (Å²) in [5.41, 5.74) is 2.37. The molecule has 30 heavy (non-hydrogen) atoms. The van der Waals surface area contributed by atoms with Gasteiger partial charge in [0.25, 0.3) is 5.91 Å². The molecule has 1 aromatic heterocycles. The average molecular weight is 466 g/mol. The van der Waals surface area contributed by atoms with Gasteiger partial charge < -0.3 is 4.57 Å². The van der Waals surface area contributed by atoms with Crippen LogP contribution in [0.1, 0.15) is 36.7 Å². The second kappa shape index (κ2) is 9.01. The fourth-order valence-corrected chi connectivity index (χ4v) is 6.39. The molecule has 0 N–H and O–H groups in total. The molecule has 0 bridgehead atoms. The summed E-state index contributed by atoms with van der Waals surface area (Å²) in [5, 5.41) is 0.646. The molecule has 9 heteroatoms. The average Bonchev–Trinajstić information content (AvgIpc) is 3.05. The number of benzene rings is 2. The Bertz CT molecular complexity index is 1260. The molecular formula is C21H24ClN3O3S2. The van der Waals surface area contributed by atoms with E-state index >= 15 is 0 Å². The highest BCUT2D eigenvalue weighted by Gasteiger charge is 2.21. The summed E-state index contributed by atoms with van der Waals surface area (Å²) in [7, 11) is -3.56. The maximum absolute atomic E-state index is 12.8. The molecule has 0 spiro atoms. The first kappa shape index (κ1) is 22.7. The Hall–Kier alpha value is -2.00. The van der Waals surface area contributed by atoms with E-state index in [1.54, 1.807) is 13.8 Å². The van der Waals surface area contributed by atoms with Gasteiger partial charge in [-0.15, -0.1) is 0 Å². The highest BCUT2D eigenvalue weighted by molar-refractivity contribution is 7.89. The first-order valence-electron chi connectivity index (χ1n) is 9.71. The van der Waals surface area contributed by atoms with Gasteiger partial charge in [0.1, 0.15) is 0 Å². The third-order valence-electron chi connectivity index (χ3n) is 4.89. The molecule has 0 aliphatic rings. The minimum absolute atomic E-state index is 0.165.